The van der Waals surface area contributed by atoms with Crippen molar-refractivity contribution in [2.75, 3.05) is 7.11 Å². The molecule has 0 aromatic heterocycles. The van der Waals surface area contributed by atoms with E-state index in [-0.39, 0.29) is 17.8 Å². The van der Waals surface area contributed by atoms with Crippen molar-refractivity contribution in [2.24, 2.45) is 0 Å². The molecule has 0 radical (unpaired) electrons. The van der Waals surface area contributed by atoms with Crippen molar-refractivity contribution in [1.29, 1.82) is 0 Å². The van der Waals surface area contributed by atoms with E-state index in [1.54, 1.807) is 19.2 Å². The van der Waals surface area contributed by atoms with Crippen LogP contribution in [0.1, 0.15) is 37.1 Å². The Kier molecular flexibility index (Phi) is 6.90. The third kappa shape index (κ3) is 5.32. The molecule has 0 saturated carbocycles. The molecule has 0 aliphatic heterocycles. The van der Waals surface area contributed by atoms with Crippen LogP contribution in [0.25, 0.3) is 21.9 Å². The van der Waals surface area contributed by atoms with Crippen LogP contribution in [0.5, 0.6) is 11.5 Å². The molecule has 5 heteroatoms. The molecule has 33 heavy (non-hydrogen) atoms. The van der Waals surface area contributed by atoms with Crippen LogP contribution in [0.2, 0.25) is 0 Å². The van der Waals surface area contributed by atoms with Crippen molar-refractivity contribution in [2.45, 2.75) is 32.5 Å². The second kappa shape index (κ2) is 10.0. The van der Waals surface area contributed by atoms with E-state index in [1.165, 1.54) is 0 Å². The smallest absolute Gasteiger partial charge is 0.387 e. The second-order valence-corrected chi connectivity index (χ2v) is 8.08. The number of hydrogen-bond donors (Lipinski definition) is 1. The fraction of sp³-hybridized carbons (Fsp3) is 0.214. The minimum absolute atomic E-state index is 0.0796. The van der Waals surface area contributed by atoms with Crippen LogP contribution in [0.4, 0.5) is 8.78 Å². The first kappa shape index (κ1) is 22.7. The zero-order chi connectivity index (χ0) is 23.4. The molecule has 4 rings (SSSR count). The van der Waals surface area contributed by atoms with Gasteiger partial charge in [-0.1, -0.05) is 48.5 Å². The van der Waals surface area contributed by atoms with Crippen LogP contribution in [-0.2, 0) is 0 Å². The topological polar surface area (TPSA) is 30.5 Å². The van der Waals surface area contributed by atoms with E-state index < -0.39 is 6.61 Å². The van der Waals surface area contributed by atoms with E-state index >= 15 is 0 Å². The summed E-state index contributed by atoms with van der Waals surface area (Å²) in [6.45, 7) is 1.44. The molecule has 3 nitrogen and oxygen atoms in total. The Morgan fingerprint density at radius 3 is 2.18 bits per heavy atom. The maximum Gasteiger partial charge on any atom is 0.387 e. The number of fused-ring (bicyclic) bond motifs is 1. The molecule has 1 unspecified atom stereocenters. The number of benzene rings is 4. The van der Waals surface area contributed by atoms with Gasteiger partial charge in [0.15, 0.2) is 0 Å². The van der Waals surface area contributed by atoms with Crippen LogP contribution >= 0.6 is 0 Å². The highest BCUT2D eigenvalue weighted by molar-refractivity contribution is 5.97. The van der Waals surface area contributed by atoms with Crippen molar-refractivity contribution >= 4 is 10.8 Å². The number of hydrogen-bond acceptors (Lipinski definition) is 3. The van der Waals surface area contributed by atoms with Crippen molar-refractivity contribution in [3.63, 3.8) is 0 Å². The molecular formula is C28H27F2NO2. The molecule has 4 aromatic carbocycles. The molecule has 1 N–H and O–H groups in total. The lowest BCUT2D eigenvalue weighted by Crippen LogP contribution is -2.22. The minimum Gasteiger partial charge on any atom is -0.497 e. The second-order valence-electron chi connectivity index (χ2n) is 8.08. The first-order valence-electron chi connectivity index (χ1n) is 10.9. The lowest BCUT2D eigenvalue weighted by Gasteiger charge is -2.22. The summed E-state index contributed by atoms with van der Waals surface area (Å²) in [5, 5.41) is 5.91. The lowest BCUT2D eigenvalue weighted by molar-refractivity contribution is -0.0498. The summed E-state index contributed by atoms with van der Waals surface area (Å²) in [7, 11) is 1.67. The zero-order valence-electron chi connectivity index (χ0n) is 18.9. The number of nitrogens with one attached hydrogen (secondary N) is 1. The largest absolute Gasteiger partial charge is 0.497 e. The van der Waals surface area contributed by atoms with Gasteiger partial charge >= 0.3 is 6.61 Å². The standard InChI is InChI=1S/C28H27F2NO2/c1-18(21-8-6-9-25(16-21)32-3)31-19(2)23-15-22-7-4-5-10-26(22)27(17-23)20-11-13-24(14-12-20)33-28(29)30/h4-19,28,31H,1-3H3/t18-,19?/m1/s1. The molecule has 2 atom stereocenters. The Balaban J connectivity index is 1.65. The molecule has 4 aromatic rings. The van der Waals surface area contributed by atoms with Crippen molar-refractivity contribution < 1.29 is 18.3 Å². The number of alkyl halides is 2. The van der Waals surface area contributed by atoms with Gasteiger partial charge in [-0.05, 0) is 83.3 Å². The Morgan fingerprint density at radius 2 is 1.45 bits per heavy atom. The van der Waals surface area contributed by atoms with Crippen molar-refractivity contribution in [3.8, 4) is 22.6 Å². The summed E-state index contributed by atoms with van der Waals surface area (Å²) in [5.41, 5.74) is 4.29. The molecule has 0 bridgehead atoms. The highest BCUT2D eigenvalue weighted by Crippen LogP contribution is 2.34. The molecule has 0 heterocycles. The van der Waals surface area contributed by atoms with Gasteiger partial charge in [0.05, 0.1) is 7.11 Å². The first-order valence-corrected chi connectivity index (χ1v) is 10.9. The summed E-state index contributed by atoms with van der Waals surface area (Å²) in [6.07, 6.45) is 0. The zero-order valence-corrected chi connectivity index (χ0v) is 18.9. The van der Waals surface area contributed by atoms with E-state index in [9.17, 15) is 8.78 Å². The predicted molar refractivity (Wildman–Crippen MR) is 129 cm³/mol. The quantitative estimate of drug-likeness (QED) is 0.303. The van der Waals surface area contributed by atoms with Crippen LogP contribution < -0.4 is 14.8 Å². The molecule has 0 fully saturated rings. The fourth-order valence-corrected chi connectivity index (χ4v) is 4.12. The third-order valence-electron chi connectivity index (χ3n) is 5.87. The van der Waals surface area contributed by atoms with E-state index in [0.29, 0.717) is 0 Å². The molecule has 0 spiro atoms. The number of halogens is 2. The molecule has 0 saturated heterocycles. The summed E-state index contributed by atoms with van der Waals surface area (Å²) in [6, 6.07) is 27.6. The maximum atomic E-state index is 12.5. The Hall–Kier alpha value is -3.44. The average molecular weight is 448 g/mol. The molecule has 170 valence electrons. The SMILES string of the molecule is COc1cccc([C@@H](C)NC(C)c2cc(-c3ccc(OC(F)F)cc3)c3ccccc3c2)c1. The van der Waals surface area contributed by atoms with E-state index in [0.717, 1.165) is 38.8 Å². The fourth-order valence-electron chi connectivity index (χ4n) is 4.12. The maximum absolute atomic E-state index is 12.5. The van der Waals surface area contributed by atoms with Crippen LogP contribution in [0.3, 0.4) is 0 Å². The van der Waals surface area contributed by atoms with Gasteiger partial charge in [0.25, 0.3) is 0 Å². The van der Waals surface area contributed by atoms with Crippen LogP contribution in [0.15, 0.2) is 84.9 Å². The van der Waals surface area contributed by atoms with Crippen LogP contribution in [-0.4, -0.2) is 13.7 Å². The average Bonchev–Trinajstić information content (AvgIpc) is 2.83. The Morgan fingerprint density at radius 1 is 0.727 bits per heavy atom. The normalized spacial score (nSPS) is 13.2. The van der Waals surface area contributed by atoms with Crippen LogP contribution in [0, 0.1) is 0 Å². The minimum atomic E-state index is -2.83. The van der Waals surface area contributed by atoms with E-state index in [2.05, 4.69) is 54.2 Å². The van der Waals surface area contributed by atoms with E-state index in [4.69, 9.17) is 4.74 Å². The van der Waals surface area contributed by atoms with Gasteiger partial charge in [-0.15, -0.1) is 0 Å². The van der Waals surface area contributed by atoms with Gasteiger partial charge < -0.3 is 14.8 Å². The predicted octanol–water partition coefficient (Wildman–Crippen LogP) is 7.53. The van der Waals surface area contributed by atoms with Gasteiger partial charge in [-0.25, -0.2) is 0 Å². The lowest BCUT2D eigenvalue weighted by atomic mass is 9.93. The Bertz CT molecular complexity index is 1220. The number of rotatable bonds is 8. The summed E-state index contributed by atoms with van der Waals surface area (Å²) in [4.78, 5) is 0. The highest BCUT2D eigenvalue weighted by atomic mass is 19.3. The number of ether oxygens (including phenoxy) is 2. The summed E-state index contributed by atoms with van der Waals surface area (Å²) in [5.74, 6) is 0.984. The molecular weight excluding hydrogens is 420 g/mol. The number of methoxy groups -OCH3 is 1. The van der Waals surface area contributed by atoms with Gasteiger partial charge in [0, 0.05) is 12.1 Å². The monoisotopic (exact) mass is 447 g/mol. The van der Waals surface area contributed by atoms with Crippen molar-refractivity contribution in [3.05, 3.63) is 96.1 Å². The summed E-state index contributed by atoms with van der Waals surface area (Å²) >= 11 is 0. The van der Waals surface area contributed by atoms with Gasteiger partial charge in [0.2, 0.25) is 0 Å². The van der Waals surface area contributed by atoms with Gasteiger partial charge in [-0.2, -0.15) is 8.78 Å². The summed E-state index contributed by atoms with van der Waals surface area (Å²) < 4.78 is 34.9. The van der Waals surface area contributed by atoms with Crippen molar-refractivity contribution in [1.82, 2.24) is 5.32 Å². The highest BCUT2D eigenvalue weighted by Gasteiger charge is 2.15. The molecule has 0 aliphatic rings. The van der Waals surface area contributed by atoms with E-state index in [1.807, 2.05) is 42.5 Å². The Labute approximate surface area is 193 Å². The first-order chi connectivity index (χ1) is 15.9. The molecule has 0 aliphatic carbocycles. The molecule has 0 amide bonds. The van der Waals surface area contributed by atoms with Gasteiger partial charge in [-0.3, -0.25) is 0 Å². The van der Waals surface area contributed by atoms with Gasteiger partial charge in [0.1, 0.15) is 11.5 Å². The third-order valence-corrected chi connectivity index (χ3v) is 5.87.